The van der Waals surface area contributed by atoms with Crippen LogP contribution in [0.15, 0.2) is 23.8 Å². The molecular weight excluding hydrogens is 194 g/mol. The average Bonchev–Trinajstić information content (AvgIpc) is 2.30. The van der Waals surface area contributed by atoms with Crippen LogP contribution >= 0.6 is 0 Å². The molecule has 0 spiro atoms. The first-order valence-electron chi connectivity index (χ1n) is 6.15. The van der Waals surface area contributed by atoms with Gasteiger partial charge in [0.2, 0.25) is 0 Å². The van der Waals surface area contributed by atoms with Crippen LogP contribution in [0.2, 0.25) is 0 Å². The normalized spacial score (nSPS) is 11.9. The van der Waals surface area contributed by atoms with Gasteiger partial charge in [-0.25, -0.2) is 0 Å². The average molecular weight is 217 g/mol. The van der Waals surface area contributed by atoms with Crippen molar-refractivity contribution in [3.05, 3.63) is 40.5 Å². The highest BCUT2D eigenvalue weighted by molar-refractivity contribution is 5.58. The summed E-state index contributed by atoms with van der Waals surface area (Å²) in [4.78, 5) is 0. The first kappa shape index (κ1) is 13.0. The molecule has 1 aromatic carbocycles. The van der Waals surface area contributed by atoms with Gasteiger partial charge in [0.1, 0.15) is 0 Å². The summed E-state index contributed by atoms with van der Waals surface area (Å²) >= 11 is 0. The maximum atomic E-state index is 3.39. The van der Waals surface area contributed by atoms with Gasteiger partial charge in [-0.2, -0.15) is 0 Å². The van der Waals surface area contributed by atoms with Gasteiger partial charge in [0.25, 0.3) is 0 Å². The fourth-order valence-corrected chi connectivity index (χ4v) is 1.71. The number of hydrogen-bond acceptors (Lipinski definition) is 1. The van der Waals surface area contributed by atoms with Crippen molar-refractivity contribution in [1.82, 2.24) is 5.32 Å². The lowest BCUT2D eigenvalue weighted by atomic mass is 10.0. The first-order valence-corrected chi connectivity index (χ1v) is 6.15. The summed E-state index contributed by atoms with van der Waals surface area (Å²) < 4.78 is 0. The van der Waals surface area contributed by atoms with E-state index in [2.05, 4.69) is 57.3 Å². The van der Waals surface area contributed by atoms with E-state index in [-0.39, 0.29) is 0 Å². The molecule has 0 aliphatic carbocycles. The number of nitrogens with one attached hydrogen (secondary N) is 1. The van der Waals surface area contributed by atoms with Crippen LogP contribution in [0.3, 0.4) is 0 Å². The number of hydrogen-bond donors (Lipinski definition) is 1. The molecule has 0 unspecified atom stereocenters. The van der Waals surface area contributed by atoms with Gasteiger partial charge >= 0.3 is 0 Å². The van der Waals surface area contributed by atoms with E-state index >= 15 is 0 Å². The quantitative estimate of drug-likeness (QED) is 0.793. The number of rotatable bonds is 5. The van der Waals surface area contributed by atoms with Crippen LogP contribution < -0.4 is 5.32 Å². The highest BCUT2D eigenvalue weighted by atomic mass is 14.8. The van der Waals surface area contributed by atoms with Crippen molar-refractivity contribution in [1.29, 1.82) is 0 Å². The number of likely N-dealkylation sites (N-methyl/N-ethyl adjacent to an activating group) is 1. The zero-order chi connectivity index (χ0) is 12.0. The molecule has 0 fully saturated rings. The molecule has 0 bridgehead atoms. The molecule has 0 aliphatic rings. The molecule has 0 atom stereocenters. The van der Waals surface area contributed by atoms with E-state index in [9.17, 15) is 0 Å². The third-order valence-corrected chi connectivity index (χ3v) is 3.06. The molecule has 1 N–H and O–H groups in total. The summed E-state index contributed by atoms with van der Waals surface area (Å²) in [5.41, 5.74) is 5.59. The van der Waals surface area contributed by atoms with Crippen molar-refractivity contribution in [3.63, 3.8) is 0 Å². The van der Waals surface area contributed by atoms with Gasteiger partial charge in [0.15, 0.2) is 0 Å². The maximum Gasteiger partial charge on any atom is 0.0167 e. The van der Waals surface area contributed by atoms with Crippen molar-refractivity contribution in [2.75, 3.05) is 13.1 Å². The Labute approximate surface area is 99.6 Å². The molecule has 1 aromatic rings. The lowest BCUT2D eigenvalue weighted by molar-refractivity contribution is 0.762. The van der Waals surface area contributed by atoms with Gasteiger partial charge in [-0.05, 0) is 43.5 Å². The fourth-order valence-electron chi connectivity index (χ4n) is 1.71. The van der Waals surface area contributed by atoms with Crippen LogP contribution in [-0.4, -0.2) is 13.1 Å². The van der Waals surface area contributed by atoms with E-state index in [0.717, 1.165) is 19.5 Å². The fraction of sp³-hybridized carbons (Fsp3) is 0.467. The largest absolute Gasteiger partial charge is 0.313 e. The molecule has 88 valence electrons. The topological polar surface area (TPSA) is 12.0 Å². The summed E-state index contributed by atoms with van der Waals surface area (Å²) in [6, 6.07) is 6.50. The third-order valence-electron chi connectivity index (χ3n) is 3.06. The highest BCUT2D eigenvalue weighted by Gasteiger charge is 1.99. The molecule has 0 amide bonds. The van der Waals surface area contributed by atoms with Gasteiger partial charge in [0.05, 0.1) is 0 Å². The van der Waals surface area contributed by atoms with E-state index in [1.807, 2.05) is 0 Å². The van der Waals surface area contributed by atoms with E-state index < -0.39 is 0 Å². The summed E-state index contributed by atoms with van der Waals surface area (Å²) in [6.07, 6.45) is 3.44. The third kappa shape index (κ3) is 3.49. The molecule has 0 saturated carbocycles. The van der Waals surface area contributed by atoms with Crippen molar-refractivity contribution in [3.8, 4) is 0 Å². The van der Waals surface area contributed by atoms with Crippen molar-refractivity contribution >= 4 is 6.08 Å². The summed E-state index contributed by atoms with van der Waals surface area (Å²) in [7, 11) is 0. The van der Waals surface area contributed by atoms with Crippen LogP contribution in [-0.2, 0) is 0 Å². The van der Waals surface area contributed by atoms with Crippen molar-refractivity contribution < 1.29 is 0 Å². The summed E-state index contributed by atoms with van der Waals surface area (Å²) in [6.45, 7) is 10.8. The van der Waals surface area contributed by atoms with Gasteiger partial charge in [-0.1, -0.05) is 43.7 Å². The van der Waals surface area contributed by atoms with Crippen molar-refractivity contribution in [2.45, 2.75) is 34.1 Å². The molecular formula is C15H23N. The van der Waals surface area contributed by atoms with E-state index in [0.29, 0.717) is 0 Å². The molecule has 0 aromatic heterocycles. The number of benzene rings is 1. The molecule has 0 aliphatic heterocycles. The minimum atomic E-state index is 1.00. The van der Waals surface area contributed by atoms with E-state index in [1.165, 1.54) is 22.3 Å². The Balaban J connectivity index is 2.90. The van der Waals surface area contributed by atoms with Crippen LogP contribution in [0.4, 0.5) is 0 Å². The second kappa shape index (κ2) is 6.49. The Morgan fingerprint density at radius 3 is 2.62 bits per heavy atom. The molecule has 0 radical (unpaired) electrons. The highest BCUT2D eigenvalue weighted by Crippen LogP contribution is 2.16. The second-order valence-electron chi connectivity index (χ2n) is 4.23. The van der Waals surface area contributed by atoms with Gasteiger partial charge in [0, 0.05) is 6.54 Å². The molecule has 1 nitrogen and oxygen atoms in total. The van der Waals surface area contributed by atoms with Crippen LogP contribution in [0.1, 0.15) is 37.0 Å². The van der Waals surface area contributed by atoms with Crippen LogP contribution in [0.5, 0.6) is 0 Å². The summed E-state index contributed by atoms with van der Waals surface area (Å²) in [5.74, 6) is 0. The molecule has 16 heavy (non-hydrogen) atoms. The van der Waals surface area contributed by atoms with Crippen LogP contribution in [0.25, 0.3) is 6.08 Å². The van der Waals surface area contributed by atoms with E-state index in [4.69, 9.17) is 0 Å². The zero-order valence-electron chi connectivity index (χ0n) is 10.9. The Morgan fingerprint density at radius 2 is 2.00 bits per heavy atom. The van der Waals surface area contributed by atoms with Crippen molar-refractivity contribution in [2.24, 2.45) is 0 Å². The number of aryl methyl sites for hydroxylation is 1. The molecule has 0 heterocycles. The minimum absolute atomic E-state index is 1.00. The second-order valence-corrected chi connectivity index (χ2v) is 4.23. The van der Waals surface area contributed by atoms with E-state index in [1.54, 1.807) is 0 Å². The lowest BCUT2D eigenvalue weighted by Gasteiger charge is -2.08. The molecule has 1 heteroatoms. The van der Waals surface area contributed by atoms with Gasteiger partial charge in [-0.15, -0.1) is 0 Å². The van der Waals surface area contributed by atoms with Gasteiger partial charge in [-0.3, -0.25) is 0 Å². The Bertz CT molecular complexity index is 364. The maximum absolute atomic E-state index is 3.39. The molecule has 1 rings (SSSR count). The Kier molecular flexibility index (Phi) is 5.27. The first-order chi connectivity index (χ1) is 7.69. The standard InChI is InChI=1S/C15H23N/c1-5-14(11-16-6-2)10-15-9-7-8-12(3)13(15)4/h7-10,16H,5-6,11H2,1-4H3. The molecule has 0 saturated heterocycles. The monoisotopic (exact) mass is 217 g/mol. The van der Waals surface area contributed by atoms with Gasteiger partial charge < -0.3 is 5.32 Å². The SMILES string of the molecule is CCNCC(=Cc1cccc(C)c1C)CC. The Hall–Kier alpha value is -1.08. The predicted octanol–water partition coefficient (Wildman–Crippen LogP) is 3.71. The smallest absolute Gasteiger partial charge is 0.0167 e. The minimum Gasteiger partial charge on any atom is -0.313 e. The van der Waals surface area contributed by atoms with Crippen LogP contribution in [0, 0.1) is 13.8 Å². The predicted molar refractivity (Wildman–Crippen MR) is 72.7 cm³/mol. The Morgan fingerprint density at radius 1 is 1.25 bits per heavy atom. The lowest BCUT2D eigenvalue weighted by Crippen LogP contribution is -2.15. The zero-order valence-corrected chi connectivity index (χ0v) is 10.9. The summed E-state index contributed by atoms with van der Waals surface area (Å²) in [5, 5.41) is 3.39.